The first-order valence-corrected chi connectivity index (χ1v) is 8.88. The van der Waals surface area contributed by atoms with Crippen molar-refractivity contribution in [1.29, 1.82) is 0 Å². The Morgan fingerprint density at radius 1 is 1.38 bits per heavy atom. The number of carboxylic acid groups (broad SMARTS) is 1. The number of nitrogens with zero attached hydrogens (tertiary/aromatic N) is 1. The number of thioether (sulfide) groups is 1. The molecule has 1 aliphatic rings. The van der Waals surface area contributed by atoms with Crippen LogP contribution in [-0.4, -0.2) is 52.1 Å². The first-order valence-electron chi connectivity index (χ1n) is 7.83. The standard InChI is InChI=1S/C15H28N2O3S/c1-4-13-10-17(8-9-21-13)15(20)16-12(3)7-5-6-11(2)14(18)19/h11-13H,4-10H2,1-3H3,(H,16,20)(H,18,19). The number of urea groups is 1. The molecular weight excluding hydrogens is 288 g/mol. The fourth-order valence-electron chi connectivity index (χ4n) is 2.38. The summed E-state index contributed by atoms with van der Waals surface area (Å²) in [6.45, 7) is 7.51. The molecule has 0 aliphatic carbocycles. The van der Waals surface area contributed by atoms with Gasteiger partial charge in [0, 0.05) is 30.1 Å². The van der Waals surface area contributed by atoms with Crippen LogP contribution in [0.25, 0.3) is 0 Å². The fraction of sp³-hybridized carbons (Fsp3) is 0.867. The molecule has 3 unspecified atom stereocenters. The van der Waals surface area contributed by atoms with Gasteiger partial charge in [0.1, 0.15) is 0 Å². The van der Waals surface area contributed by atoms with E-state index >= 15 is 0 Å². The van der Waals surface area contributed by atoms with E-state index in [1.54, 1.807) is 6.92 Å². The molecule has 0 aromatic rings. The summed E-state index contributed by atoms with van der Waals surface area (Å²) in [7, 11) is 0. The molecule has 1 fully saturated rings. The molecule has 0 spiro atoms. The van der Waals surface area contributed by atoms with Gasteiger partial charge in [-0.2, -0.15) is 11.8 Å². The Labute approximate surface area is 131 Å². The van der Waals surface area contributed by atoms with Gasteiger partial charge in [-0.05, 0) is 26.2 Å². The first-order chi connectivity index (χ1) is 9.93. The Morgan fingerprint density at radius 2 is 2.10 bits per heavy atom. The van der Waals surface area contributed by atoms with E-state index in [4.69, 9.17) is 5.11 Å². The van der Waals surface area contributed by atoms with Crippen molar-refractivity contribution in [3.8, 4) is 0 Å². The van der Waals surface area contributed by atoms with Crippen molar-refractivity contribution in [2.24, 2.45) is 5.92 Å². The van der Waals surface area contributed by atoms with Gasteiger partial charge in [0.2, 0.25) is 0 Å². The van der Waals surface area contributed by atoms with Crippen LogP contribution in [0.15, 0.2) is 0 Å². The average Bonchev–Trinajstić information content (AvgIpc) is 2.46. The van der Waals surface area contributed by atoms with Crippen molar-refractivity contribution in [3.05, 3.63) is 0 Å². The molecule has 21 heavy (non-hydrogen) atoms. The smallest absolute Gasteiger partial charge is 0.317 e. The molecule has 122 valence electrons. The van der Waals surface area contributed by atoms with E-state index in [-0.39, 0.29) is 18.0 Å². The second kappa shape index (κ2) is 9.18. The summed E-state index contributed by atoms with van der Waals surface area (Å²) in [5.74, 6) is -0.0448. The molecule has 1 saturated heterocycles. The Kier molecular flexibility index (Phi) is 7.93. The molecule has 3 atom stereocenters. The summed E-state index contributed by atoms with van der Waals surface area (Å²) < 4.78 is 0. The van der Waals surface area contributed by atoms with E-state index in [2.05, 4.69) is 12.2 Å². The van der Waals surface area contributed by atoms with Crippen molar-refractivity contribution < 1.29 is 14.7 Å². The molecule has 1 rings (SSSR count). The first kappa shape index (κ1) is 18.1. The lowest BCUT2D eigenvalue weighted by Crippen LogP contribution is -2.49. The van der Waals surface area contributed by atoms with Crippen LogP contribution in [0.1, 0.15) is 46.5 Å². The number of carbonyl (C=O) groups is 2. The summed E-state index contributed by atoms with van der Waals surface area (Å²) in [4.78, 5) is 24.8. The van der Waals surface area contributed by atoms with Gasteiger partial charge in [0.15, 0.2) is 0 Å². The second-order valence-corrected chi connectivity index (χ2v) is 7.28. The van der Waals surface area contributed by atoms with Crippen LogP contribution in [0.4, 0.5) is 4.79 Å². The van der Waals surface area contributed by atoms with E-state index in [0.717, 1.165) is 38.1 Å². The molecule has 0 bridgehead atoms. The Morgan fingerprint density at radius 3 is 2.71 bits per heavy atom. The molecule has 2 N–H and O–H groups in total. The maximum absolute atomic E-state index is 12.2. The monoisotopic (exact) mass is 316 g/mol. The lowest BCUT2D eigenvalue weighted by atomic mass is 10.0. The Hall–Kier alpha value is -0.910. The van der Waals surface area contributed by atoms with Crippen molar-refractivity contribution in [2.75, 3.05) is 18.8 Å². The van der Waals surface area contributed by atoms with E-state index < -0.39 is 5.97 Å². The quantitative estimate of drug-likeness (QED) is 0.758. The third-order valence-corrected chi connectivity index (χ3v) is 5.32. The summed E-state index contributed by atoms with van der Waals surface area (Å²) in [5.41, 5.74) is 0. The van der Waals surface area contributed by atoms with E-state index in [9.17, 15) is 9.59 Å². The van der Waals surface area contributed by atoms with Crippen molar-refractivity contribution in [1.82, 2.24) is 10.2 Å². The molecule has 5 nitrogen and oxygen atoms in total. The van der Waals surface area contributed by atoms with Crippen LogP contribution < -0.4 is 5.32 Å². The minimum absolute atomic E-state index is 0.0209. The molecule has 0 saturated carbocycles. The summed E-state index contributed by atoms with van der Waals surface area (Å²) >= 11 is 1.95. The largest absolute Gasteiger partial charge is 0.481 e. The number of hydrogen-bond acceptors (Lipinski definition) is 3. The average molecular weight is 316 g/mol. The van der Waals surface area contributed by atoms with Crippen molar-refractivity contribution >= 4 is 23.8 Å². The van der Waals surface area contributed by atoms with E-state index in [1.165, 1.54) is 0 Å². The van der Waals surface area contributed by atoms with E-state index in [0.29, 0.717) is 11.7 Å². The Bertz CT molecular complexity index is 352. The zero-order valence-electron chi connectivity index (χ0n) is 13.3. The minimum Gasteiger partial charge on any atom is -0.481 e. The van der Waals surface area contributed by atoms with Crippen LogP contribution >= 0.6 is 11.8 Å². The van der Waals surface area contributed by atoms with Crippen molar-refractivity contribution in [2.45, 2.75) is 57.7 Å². The molecule has 0 radical (unpaired) electrons. The zero-order chi connectivity index (χ0) is 15.8. The number of hydrogen-bond donors (Lipinski definition) is 2. The summed E-state index contributed by atoms with van der Waals surface area (Å²) in [5, 5.41) is 12.4. The molecule has 0 aromatic heterocycles. The molecular formula is C15H28N2O3S. The number of rotatable bonds is 7. The fourth-order valence-corrected chi connectivity index (χ4v) is 3.56. The summed E-state index contributed by atoms with van der Waals surface area (Å²) in [6, 6.07) is 0.112. The highest BCUT2D eigenvalue weighted by Crippen LogP contribution is 2.21. The van der Waals surface area contributed by atoms with Crippen molar-refractivity contribution in [3.63, 3.8) is 0 Å². The molecule has 0 aromatic carbocycles. The van der Waals surface area contributed by atoms with E-state index in [1.807, 2.05) is 23.6 Å². The molecule has 2 amide bonds. The third kappa shape index (κ3) is 6.59. The molecule has 1 heterocycles. The normalized spacial score (nSPS) is 21.7. The zero-order valence-corrected chi connectivity index (χ0v) is 14.1. The van der Waals surface area contributed by atoms with Gasteiger partial charge >= 0.3 is 12.0 Å². The molecule has 6 heteroatoms. The van der Waals surface area contributed by atoms with Gasteiger partial charge in [-0.3, -0.25) is 4.79 Å². The van der Waals surface area contributed by atoms with Gasteiger partial charge in [-0.25, -0.2) is 4.79 Å². The maximum Gasteiger partial charge on any atom is 0.317 e. The summed E-state index contributed by atoms with van der Waals surface area (Å²) in [6.07, 6.45) is 3.40. The highest BCUT2D eigenvalue weighted by atomic mass is 32.2. The number of amides is 2. The highest BCUT2D eigenvalue weighted by Gasteiger charge is 2.23. The van der Waals surface area contributed by atoms with Gasteiger partial charge in [0.25, 0.3) is 0 Å². The Balaban J connectivity index is 2.25. The van der Waals surface area contributed by atoms with Crippen LogP contribution in [0.5, 0.6) is 0 Å². The number of aliphatic carboxylic acids is 1. The van der Waals surface area contributed by atoms with Gasteiger partial charge in [0.05, 0.1) is 5.92 Å². The van der Waals surface area contributed by atoms with Crippen LogP contribution in [0, 0.1) is 5.92 Å². The topological polar surface area (TPSA) is 69.6 Å². The van der Waals surface area contributed by atoms with Gasteiger partial charge < -0.3 is 15.3 Å². The number of carbonyl (C=O) groups excluding carboxylic acids is 1. The lowest BCUT2D eigenvalue weighted by molar-refractivity contribution is -0.141. The van der Waals surface area contributed by atoms with Crippen LogP contribution in [0.2, 0.25) is 0 Å². The third-order valence-electron chi connectivity index (χ3n) is 3.95. The minimum atomic E-state index is -0.747. The SMILES string of the molecule is CCC1CN(C(=O)NC(C)CCCC(C)C(=O)O)CCS1. The highest BCUT2D eigenvalue weighted by molar-refractivity contribution is 8.00. The second-order valence-electron chi connectivity index (χ2n) is 5.87. The predicted molar refractivity (Wildman–Crippen MR) is 86.8 cm³/mol. The van der Waals surface area contributed by atoms with Gasteiger partial charge in [-0.15, -0.1) is 0 Å². The molecule has 1 aliphatic heterocycles. The maximum atomic E-state index is 12.2. The lowest BCUT2D eigenvalue weighted by Gasteiger charge is -2.32. The van der Waals surface area contributed by atoms with Crippen LogP contribution in [-0.2, 0) is 4.79 Å². The van der Waals surface area contributed by atoms with Crippen LogP contribution in [0.3, 0.4) is 0 Å². The number of carboxylic acids is 1. The number of nitrogens with one attached hydrogen (secondary N) is 1. The predicted octanol–water partition coefficient (Wildman–Crippen LogP) is 2.80. The van der Waals surface area contributed by atoms with Gasteiger partial charge in [-0.1, -0.05) is 20.3 Å².